The van der Waals surface area contributed by atoms with Crippen LogP contribution in [0.4, 0.5) is 0 Å². The summed E-state index contributed by atoms with van der Waals surface area (Å²) < 4.78 is 3.38. The van der Waals surface area contributed by atoms with Crippen LogP contribution in [0.3, 0.4) is 0 Å². The third-order valence-electron chi connectivity index (χ3n) is 3.75. The Bertz CT molecular complexity index is 642. The zero-order chi connectivity index (χ0) is 15.4. The van der Waals surface area contributed by atoms with E-state index in [9.17, 15) is 9.90 Å². The maximum Gasteiger partial charge on any atom is 0.267 e. The number of hydrazone groups is 1. The van der Waals surface area contributed by atoms with Gasteiger partial charge in [0, 0.05) is 26.2 Å². The molecule has 0 radical (unpaired) electrons. The number of aromatic hydroxyl groups is 1. The Balaban J connectivity index is 2.45. The van der Waals surface area contributed by atoms with Gasteiger partial charge in [-0.25, -0.2) is 0 Å². The lowest BCUT2D eigenvalue weighted by Crippen LogP contribution is -2.29. The fourth-order valence-corrected chi connectivity index (χ4v) is 2.95. The molecule has 7 heteroatoms. The Morgan fingerprint density at radius 2 is 1.81 bits per heavy atom. The smallest absolute Gasteiger partial charge is 0.267 e. The molecule has 0 atom stereocenters. The molecule has 0 aliphatic carbocycles. The highest BCUT2D eigenvalue weighted by molar-refractivity contribution is 7.71. The third kappa shape index (κ3) is 3.18. The van der Waals surface area contributed by atoms with Crippen LogP contribution in [0.5, 0.6) is 5.88 Å². The Kier molecular flexibility index (Phi) is 5.17. The number of hydrogen-bond donors (Lipinski definition) is 1. The normalized spacial score (nSPS) is 15.8. The van der Waals surface area contributed by atoms with Gasteiger partial charge in [-0.05, 0) is 45.3 Å². The molecule has 1 fully saturated rings. The van der Waals surface area contributed by atoms with E-state index in [1.807, 2.05) is 18.9 Å². The first-order chi connectivity index (χ1) is 10.1. The van der Waals surface area contributed by atoms with E-state index in [0.717, 1.165) is 25.9 Å². The van der Waals surface area contributed by atoms with E-state index in [0.29, 0.717) is 17.9 Å². The summed E-state index contributed by atoms with van der Waals surface area (Å²) in [5, 5.41) is 16.6. The average molecular weight is 310 g/mol. The maximum absolute atomic E-state index is 12.4. The highest BCUT2D eigenvalue weighted by Crippen LogP contribution is 2.14. The van der Waals surface area contributed by atoms with Crippen molar-refractivity contribution in [2.24, 2.45) is 5.10 Å². The first-order valence-electron chi connectivity index (χ1n) is 7.45. The summed E-state index contributed by atoms with van der Waals surface area (Å²) in [6, 6.07) is 0. The predicted octanol–water partition coefficient (Wildman–Crippen LogP) is 1.94. The van der Waals surface area contributed by atoms with E-state index in [1.54, 1.807) is 4.57 Å². The minimum absolute atomic E-state index is 0.0991. The lowest BCUT2D eigenvalue weighted by atomic mass is 10.2. The van der Waals surface area contributed by atoms with Gasteiger partial charge in [-0.2, -0.15) is 5.10 Å². The van der Waals surface area contributed by atoms with Gasteiger partial charge in [0.25, 0.3) is 5.56 Å². The molecule has 21 heavy (non-hydrogen) atoms. The zero-order valence-corrected chi connectivity index (χ0v) is 13.4. The molecule has 0 saturated carbocycles. The molecule has 116 valence electrons. The summed E-state index contributed by atoms with van der Waals surface area (Å²) >= 11 is 5.25. The second kappa shape index (κ2) is 6.89. The van der Waals surface area contributed by atoms with Gasteiger partial charge in [-0.1, -0.05) is 0 Å². The molecule has 0 bridgehead atoms. The monoisotopic (exact) mass is 310 g/mol. The minimum atomic E-state index is -0.287. The van der Waals surface area contributed by atoms with Crippen molar-refractivity contribution in [2.45, 2.75) is 46.2 Å². The number of rotatable bonds is 4. The fourth-order valence-electron chi connectivity index (χ4n) is 2.52. The van der Waals surface area contributed by atoms with Crippen LogP contribution in [0, 0.1) is 4.77 Å². The van der Waals surface area contributed by atoms with Crippen molar-refractivity contribution in [2.75, 3.05) is 13.1 Å². The Morgan fingerprint density at radius 3 is 2.38 bits per heavy atom. The molecule has 6 nitrogen and oxygen atoms in total. The number of piperidine rings is 1. The molecule has 0 aromatic carbocycles. The van der Waals surface area contributed by atoms with Crippen molar-refractivity contribution >= 4 is 18.4 Å². The van der Waals surface area contributed by atoms with Gasteiger partial charge >= 0.3 is 0 Å². The van der Waals surface area contributed by atoms with Crippen LogP contribution < -0.4 is 5.56 Å². The van der Waals surface area contributed by atoms with E-state index >= 15 is 0 Å². The van der Waals surface area contributed by atoms with Crippen molar-refractivity contribution in [1.29, 1.82) is 0 Å². The maximum atomic E-state index is 12.4. The molecule has 1 aliphatic rings. The van der Waals surface area contributed by atoms with Crippen molar-refractivity contribution in [3.63, 3.8) is 0 Å². The summed E-state index contributed by atoms with van der Waals surface area (Å²) in [7, 11) is 0. The second-order valence-corrected chi connectivity index (χ2v) is 5.44. The molecule has 1 saturated heterocycles. The molecule has 0 amide bonds. The standard InChI is InChI=1S/C14H22N4O2S/c1-3-17-12(19)11(13(20)18(4-2)14(17)21)10-15-16-8-6-5-7-9-16/h10,19H,3-9H2,1-2H3. The molecule has 1 aliphatic heterocycles. The highest BCUT2D eigenvalue weighted by atomic mass is 32.1. The van der Waals surface area contributed by atoms with E-state index in [2.05, 4.69) is 5.10 Å². The van der Waals surface area contributed by atoms with Gasteiger partial charge in [0.15, 0.2) is 4.77 Å². The quantitative estimate of drug-likeness (QED) is 0.682. The molecule has 1 aromatic rings. The lowest BCUT2D eigenvalue weighted by molar-refractivity contribution is 0.240. The number of hydrogen-bond acceptors (Lipinski definition) is 5. The van der Waals surface area contributed by atoms with Crippen LogP contribution in [-0.4, -0.2) is 38.6 Å². The Hall–Kier alpha value is -1.63. The lowest BCUT2D eigenvalue weighted by Gasteiger charge is -2.23. The molecule has 1 aromatic heterocycles. The van der Waals surface area contributed by atoms with Crippen LogP contribution in [0.1, 0.15) is 38.7 Å². The topological polar surface area (TPSA) is 62.8 Å². The van der Waals surface area contributed by atoms with Crippen LogP contribution in [-0.2, 0) is 13.1 Å². The highest BCUT2D eigenvalue weighted by Gasteiger charge is 2.14. The van der Waals surface area contributed by atoms with Gasteiger partial charge in [0.2, 0.25) is 5.88 Å². The molecule has 1 N–H and O–H groups in total. The number of nitrogens with zero attached hydrogens (tertiary/aromatic N) is 4. The molecule has 2 rings (SSSR count). The minimum Gasteiger partial charge on any atom is -0.494 e. The van der Waals surface area contributed by atoms with E-state index in [1.165, 1.54) is 17.2 Å². The van der Waals surface area contributed by atoms with Gasteiger partial charge < -0.3 is 5.11 Å². The van der Waals surface area contributed by atoms with Crippen molar-refractivity contribution in [3.8, 4) is 5.88 Å². The fraction of sp³-hybridized carbons (Fsp3) is 0.643. The molecule has 0 unspecified atom stereocenters. The molecular weight excluding hydrogens is 288 g/mol. The Labute approximate surface area is 129 Å². The average Bonchev–Trinajstić information content (AvgIpc) is 2.49. The largest absolute Gasteiger partial charge is 0.494 e. The first-order valence-corrected chi connectivity index (χ1v) is 7.86. The van der Waals surface area contributed by atoms with Crippen molar-refractivity contribution in [1.82, 2.24) is 14.1 Å². The van der Waals surface area contributed by atoms with E-state index in [-0.39, 0.29) is 17.0 Å². The van der Waals surface area contributed by atoms with Crippen LogP contribution in [0.15, 0.2) is 9.90 Å². The first kappa shape index (κ1) is 15.8. The SMILES string of the molecule is CCn1c(O)c(C=NN2CCCCC2)c(=O)n(CC)c1=S. The third-order valence-corrected chi connectivity index (χ3v) is 4.19. The van der Waals surface area contributed by atoms with Gasteiger partial charge in [-0.3, -0.25) is 18.9 Å². The van der Waals surface area contributed by atoms with Crippen molar-refractivity contribution in [3.05, 3.63) is 20.7 Å². The van der Waals surface area contributed by atoms with Crippen LogP contribution >= 0.6 is 12.2 Å². The molecule has 0 spiro atoms. The number of aromatic nitrogens is 2. The zero-order valence-electron chi connectivity index (χ0n) is 12.6. The summed E-state index contributed by atoms with van der Waals surface area (Å²) in [6.07, 6.45) is 4.92. The van der Waals surface area contributed by atoms with Crippen LogP contribution in [0.25, 0.3) is 0 Å². The summed E-state index contributed by atoms with van der Waals surface area (Å²) in [5.41, 5.74) is -0.0802. The van der Waals surface area contributed by atoms with Gasteiger partial charge in [-0.15, -0.1) is 0 Å². The Morgan fingerprint density at radius 1 is 1.19 bits per heavy atom. The van der Waals surface area contributed by atoms with E-state index < -0.39 is 0 Å². The molecular formula is C14H22N4O2S. The van der Waals surface area contributed by atoms with Crippen LogP contribution in [0.2, 0.25) is 0 Å². The van der Waals surface area contributed by atoms with E-state index in [4.69, 9.17) is 12.2 Å². The van der Waals surface area contributed by atoms with Crippen molar-refractivity contribution < 1.29 is 5.11 Å². The summed E-state index contributed by atoms with van der Waals surface area (Å²) in [6.45, 7) is 6.52. The summed E-state index contributed by atoms with van der Waals surface area (Å²) in [5.74, 6) is -0.0991. The second-order valence-electron chi connectivity index (χ2n) is 5.07. The molecule has 2 heterocycles. The summed E-state index contributed by atoms with van der Waals surface area (Å²) in [4.78, 5) is 12.4. The predicted molar refractivity (Wildman–Crippen MR) is 85.6 cm³/mol. The van der Waals surface area contributed by atoms with Gasteiger partial charge in [0.05, 0.1) is 6.21 Å². The van der Waals surface area contributed by atoms with Gasteiger partial charge in [0.1, 0.15) is 5.56 Å².